The summed E-state index contributed by atoms with van der Waals surface area (Å²) in [5.74, 6) is 0. The fourth-order valence-corrected chi connectivity index (χ4v) is 3.50. The van der Waals surface area contributed by atoms with Gasteiger partial charge in [-0.15, -0.1) is 0 Å². The Morgan fingerprint density at radius 2 is 2.13 bits per heavy atom. The van der Waals surface area contributed by atoms with E-state index in [1.54, 1.807) is 0 Å². The van der Waals surface area contributed by atoms with Crippen molar-refractivity contribution in [3.8, 4) is 0 Å². The summed E-state index contributed by atoms with van der Waals surface area (Å²) in [4.78, 5) is 14.4. The van der Waals surface area contributed by atoms with Crippen LogP contribution in [-0.2, 0) is 16.0 Å². The van der Waals surface area contributed by atoms with E-state index in [4.69, 9.17) is 9.47 Å². The van der Waals surface area contributed by atoms with Crippen molar-refractivity contribution in [1.29, 1.82) is 0 Å². The zero-order chi connectivity index (χ0) is 16.1. The number of carbonyl (C=O) groups is 1. The van der Waals surface area contributed by atoms with E-state index < -0.39 is 0 Å². The monoisotopic (exact) mass is 318 g/mol. The van der Waals surface area contributed by atoms with E-state index in [-0.39, 0.29) is 24.3 Å². The Hall–Kier alpha value is -1.59. The lowest BCUT2D eigenvalue weighted by Gasteiger charge is -2.35. The van der Waals surface area contributed by atoms with Crippen LogP contribution in [0.15, 0.2) is 30.3 Å². The van der Waals surface area contributed by atoms with Gasteiger partial charge in [0, 0.05) is 19.7 Å². The van der Waals surface area contributed by atoms with Gasteiger partial charge in [0.15, 0.2) is 0 Å². The van der Waals surface area contributed by atoms with Crippen molar-refractivity contribution in [2.24, 2.45) is 0 Å². The van der Waals surface area contributed by atoms with Crippen LogP contribution in [0.5, 0.6) is 0 Å². The predicted molar refractivity (Wildman–Crippen MR) is 88.2 cm³/mol. The smallest absolute Gasteiger partial charge is 0.318 e. The van der Waals surface area contributed by atoms with E-state index in [0.717, 1.165) is 38.0 Å². The molecule has 126 valence electrons. The number of hydrogen-bond acceptors (Lipinski definition) is 3. The number of benzene rings is 1. The molecule has 0 unspecified atom stereocenters. The molecule has 2 fully saturated rings. The first-order chi connectivity index (χ1) is 11.3. The molecule has 1 aromatic rings. The molecule has 0 saturated carbocycles. The second kappa shape index (κ2) is 7.79. The first-order valence-electron chi connectivity index (χ1n) is 8.59. The van der Waals surface area contributed by atoms with Gasteiger partial charge in [-0.3, -0.25) is 0 Å². The van der Waals surface area contributed by atoms with Crippen molar-refractivity contribution in [2.75, 3.05) is 19.8 Å². The maximum Gasteiger partial charge on any atom is 0.318 e. The SMILES string of the molecule is CCOC[C@@H]1CC[C@@H]2[C@@H](CCN2C(=O)NCc2ccccc2)O1. The molecule has 2 aliphatic rings. The molecule has 2 saturated heterocycles. The summed E-state index contributed by atoms with van der Waals surface area (Å²) in [6.07, 6.45) is 3.23. The molecule has 1 N–H and O–H groups in total. The zero-order valence-corrected chi connectivity index (χ0v) is 13.7. The number of nitrogens with zero attached hydrogens (tertiary/aromatic N) is 1. The Morgan fingerprint density at radius 1 is 1.30 bits per heavy atom. The van der Waals surface area contributed by atoms with Crippen molar-refractivity contribution in [3.05, 3.63) is 35.9 Å². The lowest BCUT2D eigenvalue weighted by Crippen LogP contribution is -2.48. The molecule has 0 aromatic heterocycles. The number of fused-ring (bicyclic) bond motifs is 1. The van der Waals surface area contributed by atoms with Gasteiger partial charge < -0.3 is 19.7 Å². The fourth-order valence-electron chi connectivity index (χ4n) is 3.50. The second-order valence-electron chi connectivity index (χ2n) is 6.23. The van der Waals surface area contributed by atoms with Gasteiger partial charge >= 0.3 is 6.03 Å². The minimum atomic E-state index is 0.0215. The predicted octanol–water partition coefficient (Wildman–Crippen LogP) is 2.55. The van der Waals surface area contributed by atoms with Crippen molar-refractivity contribution in [1.82, 2.24) is 10.2 Å². The van der Waals surface area contributed by atoms with Gasteiger partial charge in [-0.1, -0.05) is 30.3 Å². The van der Waals surface area contributed by atoms with Gasteiger partial charge in [0.25, 0.3) is 0 Å². The van der Waals surface area contributed by atoms with Crippen LogP contribution in [0.25, 0.3) is 0 Å². The molecule has 0 bridgehead atoms. The number of hydrogen-bond donors (Lipinski definition) is 1. The highest BCUT2D eigenvalue weighted by Crippen LogP contribution is 2.31. The van der Waals surface area contributed by atoms with Crippen LogP contribution in [0, 0.1) is 0 Å². The Morgan fingerprint density at radius 3 is 2.91 bits per heavy atom. The van der Waals surface area contributed by atoms with Gasteiger partial charge in [-0.05, 0) is 31.7 Å². The van der Waals surface area contributed by atoms with Gasteiger partial charge in [-0.25, -0.2) is 4.79 Å². The molecule has 3 rings (SSSR count). The van der Waals surface area contributed by atoms with Crippen LogP contribution >= 0.6 is 0 Å². The van der Waals surface area contributed by atoms with E-state index in [2.05, 4.69) is 5.32 Å². The lowest BCUT2D eigenvalue weighted by molar-refractivity contribution is -0.0945. The molecule has 2 heterocycles. The van der Waals surface area contributed by atoms with Crippen LogP contribution in [-0.4, -0.2) is 48.9 Å². The third-order valence-corrected chi connectivity index (χ3v) is 4.69. The van der Waals surface area contributed by atoms with Crippen molar-refractivity contribution in [3.63, 3.8) is 0 Å². The number of amides is 2. The maximum absolute atomic E-state index is 12.5. The van der Waals surface area contributed by atoms with Crippen molar-refractivity contribution < 1.29 is 14.3 Å². The number of urea groups is 1. The van der Waals surface area contributed by atoms with Crippen LogP contribution < -0.4 is 5.32 Å². The Balaban J connectivity index is 1.49. The molecule has 1 aromatic carbocycles. The van der Waals surface area contributed by atoms with Crippen molar-refractivity contribution >= 4 is 6.03 Å². The van der Waals surface area contributed by atoms with Crippen LogP contribution in [0.3, 0.4) is 0 Å². The summed E-state index contributed by atoms with van der Waals surface area (Å²) in [5.41, 5.74) is 1.12. The van der Waals surface area contributed by atoms with Gasteiger partial charge in [0.05, 0.1) is 24.9 Å². The summed E-state index contributed by atoms with van der Waals surface area (Å²) < 4.78 is 11.6. The minimum Gasteiger partial charge on any atom is -0.379 e. The van der Waals surface area contributed by atoms with Crippen LogP contribution in [0.1, 0.15) is 31.7 Å². The lowest BCUT2D eigenvalue weighted by atomic mass is 9.99. The number of ether oxygens (including phenoxy) is 2. The van der Waals surface area contributed by atoms with E-state index >= 15 is 0 Å². The zero-order valence-electron chi connectivity index (χ0n) is 13.7. The average molecular weight is 318 g/mol. The summed E-state index contributed by atoms with van der Waals surface area (Å²) in [6.45, 7) is 4.74. The van der Waals surface area contributed by atoms with Crippen LogP contribution in [0.2, 0.25) is 0 Å². The molecule has 0 radical (unpaired) electrons. The Labute approximate surface area is 137 Å². The van der Waals surface area contributed by atoms with Crippen LogP contribution in [0.4, 0.5) is 4.79 Å². The van der Waals surface area contributed by atoms with E-state index in [0.29, 0.717) is 13.2 Å². The summed E-state index contributed by atoms with van der Waals surface area (Å²) in [6, 6.07) is 10.2. The largest absolute Gasteiger partial charge is 0.379 e. The number of likely N-dealkylation sites (tertiary alicyclic amines) is 1. The van der Waals surface area contributed by atoms with E-state index in [1.807, 2.05) is 42.2 Å². The standard InChI is InChI=1S/C18H26N2O3/c1-2-22-13-15-8-9-16-17(23-15)10-11-20(16)18(21)19-12-14-6-4-3-5-7-14/h3-7,15-17H,2,8-13H2,1H3,(H,19,21)/t15-,16+,17+/m0/s1. The summed E-state index contributed by atoms with van der Waals surface area (Å²) in [5, 5.41) is 3.03. The highest BCUT2D eigenvalue weighted by Gasteiger charge is 2.41. The molecule has 3 atom stereocenters. The number of nitrogens with one attached hydrogen (secondary N) is 1. The summed E-state index contributed by atoms with van der Waals surface area (Å²) >= 11 is 0. The third-order valence-electron chi connectivity index (χ3n) is 4.69. The van der Waals surface area contributed by atoms with E-state index in [1.165, 1.54) is 0 Å². The minimum absolute atomic E-state index is 0.0215. The quantitative estimate of drug-likeness (QED) is 0.908. The van der Waals surface area contributed by atoms with Gasteiger partial charge in [0.1, 0.15) is 0 Å². The number of carbonyl (C=O) groups excluding carboxylic acids is 1. The topological polar surface area (TPSA) is 50.8 Å². The van der Waals surface area contributed by atoms with Gasteiger partial charge in [0.2, 0.25) is 0 Å². The van der Waals surface area contributed by atoms with Crippen molar-refractivity contribution in [2.45, 2.75) is 51.0 Å². The Kier molecular flexibility index (Phi) is 5.51. The molecule has 2 amide bonds. The maximum atomic E-state index is 12.5. The average Bonchev–Trinajstić information content (AvgIpc) is 3.02. The summed E-state index contributed by atoms with van der Waals surface area (Å²) in [7, 11) is 0. The Bertz CT molecular complexity index is 508. The highest BCUT2D eigenvalue weighted by atomic mass is 16.5. The second-order valence-corrected chi connectivity index (χ2v) is 6.23. The molecular weight excluding hydrogens is 292 g/mol. The molecular formula is C18H26N2O3. The molecule has 0 aliphatic carbocycles. The van der Waals surface area contributed by atoms with Gasteiger partial charge in [-0.2, -0.15) is 0 Å². The normalized spacial score (nSPS) is 26.8. The molecule has 23 heavy (non-hydrogen) atoms. The molecule has 5 heteroatoms. The first kappa shape index (κ1) is 16.3. The first-order valence-corrected chi connectivity index (χ1v) is 8.59. The fraction of sp³-hybridized carbons (Fsp3) is 0.611. The molecule has 2 aliphatic heterocycles. The molecule has 5 nitrogen and oxygen atoms in total. The number of rotatable bonds is 5. The molecule has 0 spiro atoms. The third kappa shape index (κ3) is 4.03. The highest BCUT2D eigenvalue weighted by molar-refractivity contribution is 5.75. The van der Waals surface area contributed by atoms with E-state index in [9.17, 15) is 4.79 Å².